The molecule has 2 heterocycles. The Bertz CT molecular complexity index is 917. The van der Waals surface area contributed by atoms with E-state index in [9.17, 15) is 19.2 Å². The van der Waals surface area contributed by atoms with Crippen LogP contribution in [0.25, 0.3) is 0 Å². The number of nitrogens with two attached hydrogens (primary N) is 1. The number of rotatable bonds is 9. The van der Waals surface area contributed by atoms with Gasteiger partial charge in [0.2, 0.25) is 17.7 Å². The quantitative estimate of drug-likeness (QED) is 0.393. The van der Waals surface area contributed by atoms with Crippen molar-refractivity contribution in [2.75, 3.05) is 60.7 Å². The maximum atomic E-state index is 13.5. The van der Waals surface area contributed by atoms with Crippen LogP contribution < -0.4 is 15.4 Å². The van der Waals surface area contributed by atoms with Crippen molar-refractivity contribution in [3.8, 4) is 5.75 Å². The summed E-state index contributed by atoms with van der Waals surface area (Å²) in [5.41, 5.74) is 0.799. The summed E-state index contributed by atoms with van der Waals surface area (Å²) in [5.74, 6) is -0.844. The summed E-state index contributed by atoms with van der Waals surface area (Å²) in [4.78, 5) is 55.0. The van der Waals surface area contributed by atoms with Gasteiger partial charge in [0.05, 0.1) is 33.9 Å². The van der Waals surface area contributed by atoms with Crippen LogP contribution in [-0.2, 0) is 35.1 Å². The molecule has 0 aliphatic carbocycles. The molecule has 3 rings (SSSR count). The molecule has 3 N–H and O–H groups in total. The number of piperidine rings is 1. The highest BCUT2D eigenvalue weighted by Crippen LogP contribution is 2.19. The highest BCUT2D eigenvalue weighted by atomic mass is 16.5. The predicted octanol–water partition coefficient (Wildman–Crippen LogP) is -1.45. The molecule has 0 aromatic heterocycles. The van der Waals surface area contributed by atoms with E-state index in [2.05, 4.69) is 10.6 Å². The van der Waals surface area contributed by atoms with E-state index in [0.29, 0.717) is 12.3 Å². The van der Waals surface area contributed by atoms with Crippen LogP contribution in [0.3, 0.4) is 0 Å². The summed E-state index contributed by atoms with van der Waals surface area (Å²) in [5, 5.41) is 4.95. The lowest BCUT2D eigenvalue weighted by Crippen LogP contribution is -2.86. The number of amides is 3. The van der Waals surface area contributed by atoms with Crippen LogP contribution in [-0.4, -0.2) is 106 Å². The maximum Gasteiger partial charge on any atom is 0.328 e. The first kappa shape index (κ1) is 27.4. The molecule has 36 heavy (non-hydrogen) atoms. The number of benzene rings is 1. The smallest absolute Gasteiger partial charge is 0.328 e. The second-order valence-electron chi connectivity index (χ2n) is 9.10. The van der Waals surface area contributed by atoms with Gasteiger partial charge >= 0.3 is 5.97 Å². The molecule has 11 nitrogen and oxygen atoms in total. The molecule has 2 atom stereocenters. The highest BCUT2D eigenvalue weighted by Gasteiger charge is 2.40. The standard InChI is InChI=1S/C25H36N4O7/c1-34-16-22(30)29-13-12-28(24(32)18-8-10-26-11-9-18)15-21(29)23(31)27-20(25(33)36-3)14-17-4-6-19(35-2)7-5-17/h4-7,18,20-21,26H,8-16H2,1-3H3,(H,27,31)/p+1/t20-,21-/m0/s1. The monoisotopic (exact) mass is 505 g/mol. The molecule has 3 amide bonds. The second-order valence-corrected chi connectivity index (χ2v) is 9.10. The van der Waals surface area contributed by atoms with Crippen molar-refractivity contribution in [1.82, 2.24) is 15.1 Å². The molecule has 2 aliphatic rings. The SMILES string of the molecule is COCC(=O)N1CCN(C(=O)C2CC[NH2+]CC2)C[C@H]1C(=O)N[C@@H](Cc1ccc(OC)cc1)C(=O)OC. The average Bonchev–Trinajstić information content (AvgIpc) is 2.92. The Kier molecular flexibility index (Phi) is 10.1. The third-order valence-electron chi connectivity index (χ3n) is 6.77. The van der Waals surface area contributed by atoms with E-state index < -0.39 is 24.0 Å². The zero-order chi connectivity index (χ0) is 26.1. The minimum atomic E-state index is -0.963. The van der Waals surface area contributed by atoms with Crippen LogP contribution in [0.4, 0.5) is 0 Å². The molecular weight excluding hydrogens is 468 g/mol. The Balaban J connectivity index is 1.76. The van der Waals surface area contributed by atoms with E-state index in [1.807, 2.05) is 0 Å². The zero-order valence-electron chi connectivity index (χ0n) is 21.2. The van der Waals surface area contributed by atoms with Crippen molar-refractivity contribution in [2.45, 2.75) is 31.3 Å². The number of hydrogen-bond acceptors (Lipinski definition) is 7. The van der Waals surface area contributed by atoms with E-state index in [-0.39, 0.29) is 43.8 Å². The van der Waals surface area contributed by atoms with Gasteiger partial charge in [0.25, 0.3) is 0 Å². The number of hydrogen-bond donors (Lipinski definition) is 2. The first-order valence-corrected chi connectivity index (χ1v) is 12.3. The van der Waals surface area contributed by atoms with Crippen LogP contribution in [0.5, 0.6) is 5.75 Å². The van der Waals surface area contributed by atoms with Gasteiger partial charge in [-0.05, 0) is 17.7 Å². The van der Waals surface area contributed by atoms with Gasteiger partial charge in [-0.2, -0.15) is 0 Å². The fourth-order valence-electron chi connectivity index (χ4n) is 4.75. The van der Waals surface area contributed by atoms with Crippen LogP contribution in [0.1, 0.15) is 18.4 Å². The first-order valence-electron chi connectivity index (χ1n) is 12.3. The summed E-state index contributed by atoms with van der Waals surface area (Å²) in [6.07, 6.45) is 1.79. The number of methoxy groups -OCH3 is 3. The Morgan fingerprint density at radius 2 is 1.75 bits per heavy atom. The summed E-state index contributed by atoms with van der Waals surface area (Å²) in [6, 6.07) is 5.24. The van der Waals surface area contributed by atoms with E-state index in [4.69, 9.17) is 14.2 Å². The molecule has 0 saturated carbocycles. The Hall–Kier alpha value is -3.18. The van der Waals surface area contributed by atoms with Crippen molar-refractivity contribution in [3.05, 3.63) is 29.8 Å². The minimum absolute atomic E-state index is 0.0162. The zero-order valence-corrected chi connectivity index (χ0v) is 21.2. The van der Waals surface area contributed by atoms with Crippen molar-refractivity contribution in [1.29, 1.82) is 0 Å². The number of carbonyl (C=O) groups excluding carboxylic acids is 4. The van der Waals surface area contributed by atoms with Crippen LogP contribution in [0, 0.1) is 5.92 Å². The van der Waals surface area contributed by atoms with Gasteiger partial charge in [-0.15, -0.1) is 0 Å². The van der Waals surface area contributed by atoms with Gasteiger partial charge in [0.15, 0.2) is 0 Å². The van der Waals surface area contributed by atoms with Crippen LogP contribution in [0.15, 0.2) is 24.3 Å². The molecule has 1 aromatic rings. The number of nitrogens with one attached hydrogen (secondary N) is 1. The third-order valence-corrected chi connectivity index (χ3v) is 6.77. The number of piperazine rings is 1. The van der Waals surface area contributed by atoms with E-state index in [1.165, 1.54) is 19.1 Å². The van der Waals surface area contributed by atoms with Gasteiger partial charge < -0.3 is 34.6 Å². The molecule has 198 valence electrons. The molecule has 1 aromatic carbocycles. The molecule has 0 radical (unpaired) electrons. The lowest BCUT2D eigenvalue weighted by Gasteiger charge is -2.42. The van der Waals surface area contributed by atoms with Crippen molar-refractivity contribution in [2.24, 2.45) is 5.92 Å². The third kappa shape index (κ3) is 6.94. The number of nitrogens with zero attached hydrogens (tertiary/aromatic N) is 2. The van der Waals surface area contributed by atoms with Gasteiger partial charge in [-0.3, -0.25) is 14.4 Å². The van der Waals surface area contributed by atoms with Crippen molar-refractivity contribution < 1.29 is 38.7 Å². The molecule has 0 spiro atoms. The fraction of sp³-hybridized carbons (Fsp3) is 0.600. The van der Waals surface area contributed by atoms with E-state index >= 15 is 0 Å². The van der Waals surface area contributed by atoms with Gasteiger partial charge in [0, 0.05) is 45.4 Å². The Morgan fingerprint density at radius 3 is 2.36 bits per heavy atom. The van der Waals surface area contributed by atoms with Crippen LogP contribution >= 0.6 is 0 Å². The molecule has 2 aliphatic heterocycles. The van der Waals surface area contributed by atoms with Crippen molar-refractivity contribution in [3.63, 3.8) is 0 Å². The predicted molar refractivity (Wildman–Crippen MR) is 129 cm³/mol. The van der Waals surface area contributed by atoms with Crippen LogP contribution in [0.2, 0.25) is 0 Å². The largest absolute Gasteiger partial charge is 0.497 e. The second kappa shape index (κ2) is 13.2. The number of esters is 1. The summed E-state index contributed by atoms with van der Waals surface area (Å²) < 4.78 is 15.1. The summed E-state index contributed by atoms with van der Waals surface area (Å²) >= 11 is 0. The minimum Gasteiger partial charge on any atom is -0.497 e. The van der Waals surface area contributed by atoms with Gasteiger partial charge in [0.1, 0.15) is 24.4 Å². The highest BCUT2D eigenvalue weighted by molar-refractivity contribution is 5.92. The first-order chi connectivity index (χ1) is 17.4. The topological polar surface area (TPSA) is 131 Å². The molecule has 0 unspecified atom stereocenters. The number of ether oxygens (including phenoxy) is 3. The Labute approximate surface area is 211 Å². The fourth-order valence-corrected chi connectivity index (χ4v) is 4.75. The summed E-state index contributed by atoms with van der Waals surface area (Å²) in [6.45, 7) is 2.26. The molecule has 11 heteroatoms. The number of quaternary nitrogens is 1. The lowest BCUT2D eigenvalue weighted by atomic mass is 9.95. The molecule has 2 fully saturated rings. The Morgan fingerprint density at radius 1 is 1.06 bits per heavy atom. The number of carbonyl (C=O) groups is 4. The van der Waals surface area contributed by atoms with E-state index in [0.717, 1.165) is 31.5 Å². The molecule has 2 saturated heterocycles. The van der Waals surface area contributed by atoms with E-state index in [1.54, 1.807) is 36.3 Å². The normalized spacial score (nSPS) is 19.4. The molecular formula is C25H37N4O7+. The van der Waals surface area contributed by atoms with Gasteiger partial charge in [-0.25, -0.2) is 4.79 Å². The molecule has 0 bridgehead atoms. The van der Waals surface area contributed by atoms with Crippen molar-refractivity contribution >= 4 is 23.7 Å². The van der Waals surface area contributed by atoms with Gasteiger partial charge in [-0.1, -0.05) is 12.1 Å². The summed E-state index contributed by atoms with van der Waals surface area (Å²) in [7, 11) is 4.23. The lowest BCUT2D eigenvalue weighted by molar-refractivity contribution is -0.664. The maximum absolute atomic E-state index is 13.5. The average molecular weight is 506 g/mol.